The van der Waals surface area contributed by atoms with Crippen LogP contribution in [0.2, 0.25) is 0 Å². The normalized spacial score (nSPS) is 15.9. The number of amides is 3. The molecular weight excluding hydrogens is 464 g/mol. The number of anilines is 2. The SMILES string of the molecule is Cc1ccc(Oc2ccc(C(=O)NCCN3CCCC3)cc2N2CCN(c3ccccc3)C2=O)cc1C. The summed E-state index contributed by atoms with van der Waals surface area (Å²) in [6, 6.07) is 20.8. The second kappa shape index (κ2) is 11.0. The highest BCUT2D eigenvalue weighted by Crippen LogP contribution is 2.36. The van der Waals surface area contributed by atoms with E-state index in [2.05, 4.69) is 17.1 Å². The van der Waals surface area contributed by atoms with Crippen molar-refractivity contribution in [1.82, 2.24) is 10.2 Å². The molecule has 2 fully saturated rings. The van der Waals surface area contributed by atoms with E-state index in [4.69, 9.17) is 4.74 Å². The van der Waals surface area contributed by atoms with E-state index in [-0.39, 0.29) is 11.9 Å². The Morgan fingerprint density at radius 2 is 1.62 bits per heavy atom. The van der Waals surface area contributed by atoms with Crippen LogP contribution in [0.3, 0.4) is 0 Å². The number of nitrogens with zero attached hydrogens (tertiary/aromatic N) is 3. The van der Waals surface area contributed by atoms with Gasteiger partial charge in [0.1, 0.15) is 5.75 Å². The lowest BCUT2D eigenvalue weighted by Gasteiger charge is -2.22. The molecule has 0 atom stereocenters. The topological polar surface area (TPSA) is 65.1 Å². The molecule has 3 aromatic carbocycles. The van der Waals surface area contributed by atoms with Crippen LogP contribution in [-0.4, -0.2) is 56.1 Å². The highest BCUT2D eigenvalue weighted by atomic mass is 16.5. The zero-order valence-electron chi connectivity index (χ0n) is 21.6. The number of benzene rings is 3. The number of rotatable bonds is 8. The van der Waals surface area contributed by atoms with Crippen LogP contribution in [0.1, 0.15) is 34.3 Å². The van der Waals surface area contributed by atoms with Crippen molar-refractivity contribution >= 4 is 23.3 Å². The number of urea groups is 1. The molecule has 7 heteroatoms. The fourth-order valence-corrected chi connectivity index (χ4v) is 4.90. The molecule has 7 nitrogen and oxygen atoms in total. The van der Waals surface area contributed by atoms with Crippen LogP contribution in [0, 0.1) is 13.8 Å². The minimum Gasteiger partial charge on any atom is -0.455 e. The predicted molar refractivity (Wildman–Crippen MR) is 147 cm³/mol. The van der Waals surface area contributed by atoms with E-state index < -0.39 is 0 Å². The quantitative estimate of drug-likeness (QED) is 0.454. The lowest BCUT2D eigenvalue weighted by molar-refractivity contribution is 0.0949. The van der Waals surface area contributed by atoms with E-state index in [1.807, 2.05) is 55.5 Å². The van der Waals surface area contributed by atoms with Gasteiger partial charge in [-0.2, -0.15) is 0 Å². The Hall–Kier alpha value is -3.84. The number of likely N-dealkylation sites (tertiary alicyclic amines) is 1. The van der Waals surface area contributed by atoms with Crippen molar-refractivity contribution < 1.29 is 14.3 Å². The van der Waals surface area contributed by atoms with E-state index in [9.17, 15) is 9.59 Å². The van der Waals surface area contributed by atoms with Crippen LogP contribution >= 0.6 is 0 Å². The molecule has 192 valence electrons. The third kappa shape index (κ3) is 5.62. The third-order valence-electron chi connectivity index (χ3n) is 7.21. The van der Waals surface area contributed by atoms with Gasteiger partial charge in [-0.1, -0.05) is 24.3 Å². The average Bonchev–Trinajstić information content (AvgIpc) is 3.57. The maximum atomic E-state index is 13.5. The molecule has 0 bridgehead atoms. The van der Waals surface area contributed by atoms with Gasteiger partial charge in [0.25, 0.3) is 5.91 Å². The number of carbonyl (C=O) groups is 2. The molecule has 2 aliphatic rings. The van der Waals surface area contributed by atoms with Gasteiger partial charge in [0.05, 0.1) is 5.69 Å². The number of aryl methyl sites for hydroxylation is 2. The Kier molecular flexibility index (Phi) is 7.42. The van der Waals surface area contributed by atoms with Crippen molar-refractivity contribution in [2.45, 2.75) is 26.7 Å². The minimum atomic E-state index is -0.148. The molecule has 1 N–H and O–H groups in total. The van der Waals surface area contributed by atoms with Crippen LogP contribution in [0.4, 0.5) is 16.2 Å². The molecule has 0 saturated carbocycles. The zero-order chi connectivity index (χ0) is 25.8. The van der Waals surface area contributed by atoms with E-state index in [1.54, 1.807) is 28.0 Å². The summed E-state index contributed by atoms with van der Waals surface area (Å²) < 4.78 is 6.28. The smallest absolute Gasteiger partial charge is 0.329 e. The molecular formula is C30H34N4O3. The highest BCUT2D eigenvalue weighted by molar-refractivity contribution is 6.07. The fourth-order valence-electron chi connectivity index (χ4n) is 4.90. The van der Waals surface area contributed by atoms with Crippen LogP contribution in [0.25, 0.3) is 0 Å². The first-order valence-electron chi connectivity index (χ1n) is 13.0. The van der Waals surface area contributed by atoms with E-state index in [0.717, 1.165) is 30.9 Å². The number of hydrogen-bond donors (Lipinski definition) is 1. The number of nitrogens with one attached hydrogen (secondary N) is 1. The van der Waals surface area contributed by atoms with E-state index in [0.29, 0.717) is 42.4 Å². The lowest BCUT2D eigenvalue weighted by Crippen LogP contribution is -2.34. The van der Waals surface area contributed by atoms with Crippen molar-refractivity contribution in [3.63, 3.8) is 0 Å². The zero-order valence-corrected chi connectivity index (χ0v) is 21.6. The van der Waals surface area contributed by atoms with E-state index >= 15 is 0 Å². The molecule has 0 aliphatic carbocycles. The number of ether oxygens (including phenoxy) is 1. The second-order valence-corrected chi connectivity index (χ2v) is 9.76. The number of para-hydroxylation sites is 1. The Labute approximate surface area is 218 Å². The molecule has 0 spiro atoms. The summed E-state index contributed by atoms with van der Waals surface area (Å²) in [5, 5.41) is 3.04. The van der Waals surface area contributed by atoms with Gasteiger partial charge in [0, 0.05) is 37.4 Å². The Morgan fingerprint density at radius 1 is 0.865 bits per heavy atom. The standard InChI is InChI=1S/C30H34N4O3/c1-22-10-12-26(20-23(22)2)37-28-13-11-24(29(35)31-14-17-32-15-6-7-16-32)21-27(28)34-19-18-33(30(34)36)25-8-4-3-5-9-25/h3-5,8-13,20-21H,6-7,14-19H2,1-2H3,(H,31,35). The van der Waals surface area contributed by atoms with Crippen molar-refractivity contribution in [2.75, 3.05) is 49.1 Å². The summed E-state index contributed by atoms with van der Waals surface area (Å²) in [4.78, 5) is 32.3. The molecule has 0 radical (unpaired) electrons. The van der Waals surface area contributed by atoms with Crippen LogP contribution in [0.5, 0.6) is 11.5 Å². The lowest BCUT2D eigenvalue weighted by atomic mass is 10.1. The molecule has 0 unspecified atom stereocenters. The van der Waals surface area contributed by atoms with Crippen LogP contribution in [0.15, 0.2) is 66.7 Å². The second-order valence-electron chi connectivity index (χ2n) is 9.76. The summed E-state index contributed by atoms with van der Waals surface area (Å²) in [5.74, 6) is 1.09. The van der Waals surface area contributed by atoms with Crippen molar-refractivity contribution in [2.24, 2.45) is 0 Å². The summed E-state index contributed by atoms with van der Waals surface area (Å²) >= 11 is 0. The van der Waals surface area contributed by atoms with Gasteiger partial charge in [-0.05, 0) is 93.4 Å². The first kappa shape index (κ1) is 24.8. The minimum absolute atomic E-state index is 0.136. The van der Waals surface area contributed by atoms with Gasteiger partial charge in [0.2, 0.25) is 0 Å². The van der Waals surface area contributed by atoms with Crippen LogP contribution < -0.4 is 19.9 Å². The molecule has 0 aromatic heterocycles. The van der Waals surface area contributed by atoms with Gasteiger partial charge < -0.3 is 15.0 Å². The fraction of sp³-hybridized carbons (Fsp3) is 0.333. The van der Waals surface area contributed by atoms with Gasteiger partial charge in [-0.15, -0.1) is 0 Å². The van der Waals surface area contributed by atoms with Gasteiger partial charge in [-0.3, -0.25) is 14.6 Å². The summed E-state index contributed by atoms with van der Waals surface area (Å²) in [6.07, 6.45) is 2.45. The molecule has 3 amide bonds. The summed E-state index contributed by atoms with van der Waals surface area (Å²) in [7, 11) is 0. The highest BCUT2D eigenvalue weighted by Gasteiger charge is 2.33. The van der Waals surface area contributed by atoms with Crippen molar-refractivity contribution in [1.29, 1.82) is 0 Å². The Bertz CT molecular complexity index is 1270. The largest absolute Gasteiger partial charge is 0.455 e. The molecule has 2 saturated heterocycles. The average molecular weight is 499 g/mol. The number of hydrogen-bond acceptors (Lipinski definition) is 4. The van der Waals surface area contributed by atoms with Crippen molar-refractivity contribution in [3.8, 4) is 11.5 Å². The molecule has 5 rings (SSSR count). The van der Waals surface area contributed by atoms with Crippen molar-refractivity contribution in [3.05, 3.63) is 83.4 Å². The van der Waals surface area contributed by atoms with E-state index in [1.165, 1.54) is 18.4 Å². The van der Waals surface area contributed by atoms with Gasteiger partial charge in [-0.25, -0.2) is 4.79 Å². The van der Waals surface area contributed by atoms with Crippen LogP contribution in [-0.2, 0) is 0 Å². The maximum absolute atomic E-state index is 13.5. The number of carbonyl (C=O) groups excluding carboxylic acids is 2. The Balaban J connectivity index is 1.40. The Morgan fingerprint density at radius 3 is 2.38 bits per heavy atom. The summed E-state index contributed by atoms with van der Waals surface area (Å²) in [5.41, 5.74) is 4.26. The summed E-state index contributed by atoms with van der Waals surface area (Å²) in [6.45, 7) is 8.79. The first-order chi connectivity index (χ1) is 18.0. The van der Waals surface area contributed by atoms with Gasteiger partial charge in [0.15, 0.2) is 5.75 Å². The van der Waals surface area contributed by atoms with Gasteiger partial charge >= 0.3 is 6.03 Å². The third-order valence-corrected chi connectivity index (χ3v) is 7.21. The molecule has 3 aromatic rings. The molecule has 2 aliphatic heterocycles. The molecule has 37 heavy (non-hydrogen) atoms. The monoisotopic (exact) mass is 498 g/mol. The molecule has 2 heterocycles. The maximum Gasteiger partial charge on any atom is 0.329 e. The first-order valence-corrected chi connectivity index (χ1v) is 13.0. The predicted octanol–water partition coefficient (Wildman–Crippen LogP) is 5.37.